The number of fused-ring (bicyclic) bond motifs is 1. The molecule has 0 atom stereocenters. The third kappa shape index (κ3) is 1.59. The molecule has 1 aromatic carbocycles. The molecular formula is C12H11NO. The van der Waals surface area contributed by atoms with E-state index in [1.165, 1.54) is 0 Å². The predicted molar refractivity (Wildman–Crippen MR) is 57.4 cm³/mol. The van der Waals surface area contributed by atoms with Gasteiger partial charge in [-0.15, -0.1) is 0 Å². The Labute approximate surface area is 82.9 Å². The van der Waals surface area contributed by atoms with Crippen LogP contribution in [0.3, 0.4) is 0 Å². The summed E-state index contributed by atoms with van der Waals surface area (Å²) in [4.78, 5) is 4.24. The topological polar surface area (TPSA) is 22.1 Å². The molecular weight excluding hydrogens is 174 g/mol. The molecule has 0 amide bonds. The van der Waals surface area contributed by atoms with Gasteiger partial charge in [-0.05, 0) is 18.2 Å². The van der Waals surface area contributed by atoms with Gasteiger partial charge in [-0.25, -0.2) is 0 Å². The summed E-state index contributed by atoms with van der Waals surface area (Å²) in [6.45, 7) is 4.14. The van der Waals surface area contributed by atoms with E-state index in [1.54, 1.807) is 12.3 Å². The minimum absolute atomic E-state index is 0.522. The first-order valence-corrected chi connectivity index (χ1v) is 4.49. The van der Waals surface area contributed by atoms with Crippen molar-refractivity contribution in [2.24, 2.45) is 0 Å². The molecule has 2 aromatic rings. The molecule has 2 heteroatoms. The van der Waals surface area contributed by atoms with Gasteiger partial charge in [0.25, 0.3) is 0 Å². The molecule has 0 aliphatic heterocycles. The first-order chi connectivity index (χ1) is 6.92. The quantitative estimate of drug-likeness (QED) is 0.686. The van der Waals surface area contributed by atoms with Gasteiger partial charge in [0.05, 0.1) is 5.52 Å². The van der Waals surface area contributed by atoms with Crippen LogP contribution < -0.4 is 4.74 Å². The van der Waals surface area contributed by atoms with Gasteiger partial charge in [0.2, 0.25) is 0 Å². The molecule has 0 fully saturated rings. The van der Waals surface area contributed by atoms with Crippen LogP contribution >= 0.6 is 0 Å². The van der Waals surface area contributed by atoms with E-state index in [-0.39, 0.29) is 0 Å². The van der Waals surface area contributed by atoms with Crippen LogP contribution in [-0.2, 0) is 0 Å². The molecule has 0 spiro atoms. The average Bonchev–Trinajstić information content (AvgIpc) is 2.26. The van der Waals surface area contributed by atoms with E-state index < -0.39 is 0 Å². The van der Waals surface area contributed by atoms with Crippen molar-refractivity contribution in [2.45, 2.75) is 0 Å². The van der Waals surface area contributed by atoms with Crippen molar-refractivity contribution >= 4 is 10.9 Å². The number of rotatable bonds is 3. The van der Waals surface area contributed by atoms with E-state index in [1.807, 2.05) is 30.3 Å². The highest BCUT2D eigenvalue weighted by atomic mass is 16.5. The predicted octanol–water partition coefficient (Wildman–Crippen LogP) is 2.80. The molecule has 2 rings (SSSR count). The molecule has 2 nitrogen and oxygen atoms in total. The molecule has 0 N–H and O–H groups in total. The van der Waals surface area contributed by atoms with Gasteiger partial charge in [0.1, 0.15) is 12.4 Å². The second-order valence-electron chi connectivity index (χ2n) is 2.93. The van der Waals surface area contributed by atoms with Gasteiger partial charge >= 0.3 is 0 Å². The van der Waals surface area contributed by atoms with Crippen molar-refractivity contribution in [2.75, 3.05) is 6.61 Å². The lowest BCUT2D eigenvalue weighted by atomic mass is 10.2. The van der Waals surface area contributed by atoms with Crippen LogP contribution in [0, 0.1) is 0 Å². The smallest absolute Gasteiger partial charge is 0.130 e. The summed E-state index contributed by atoms with van der Waals surface area (Å²) in [7, 11) is 0. The van der Waals surface area contributed by atoms with Gasteiger partial charge in [-0.3, -0.25) is 4.98 Å². The second-order valence-corrected chi connectivity index (χ2v) is 2.93. The third-order valence-electron chi connectivity index (χ3n) is 1.97. The number of hydrogen-bond acceptors (Lipinski definition) is 2. The average molecular weight is 185 g/mol. The molecule has 0 bridgehead atoms. The Kier molecular flexibility index (Phi) is 2.45. The number of hydrogen-bond donors (Lipinski definition) is 0. The normalized spacial score (nSPS) is 10.0. The zero-order valence-corrected chi connectivity index (χ0v) is 7.81. The Morgan fingerprint density at radius 3 is 3.00 bits per heavy atom. The maximum Gasteiger partial charge on any atom is 0.130 e. The maximum absolute atomic E-state index is 5.51. The number of pyridine rings is 1. The highest BCUT2D eigenvalue weighted by Crippen LogP contribution is 2.22. The summed E-state index contributed by atoms with van der Waals surface area (Å²) in [6, 6.07) is 9.78. The van der Waals surface area contributed by atoms with Gasteiger partial charge in [-0.1, -0.05) is 24.8 Å². The van der Waals surface area contributed by atoms with E-state index in [9.17, 15) is 0 Å². The van der Waals surface area contributed by atoms with Crippen molar-refractivity contribution in [3.8, 4) is 5.75 Å². The minimum atomic E-state index is 0.522. The highest BCUT2D eigenvalue weighted by molar-refractivity contribution is 5.84. The van der Waals surface area contributed by atoms with Crippen LogP contribution in [0.25, 0.3) is 10.9 Å². The maximum atomic E-state index is 5.51. The summed E-state index contributed by atoms with van der Waals surface area (Å²) in [5.74, 6) is 0.857. The van der Waals surface area contributed by atoms with E-state index in [0.717, 1.165) is 16.7 Å². The van der Waals surface area contributed by atoms with E-state index in [0.29, 0.717) is 6.61 Å². The van der Waals surface area contributed by atoms with Crippen molar-refractivity contribution in [1.29, 1.82) is 0 Å². The molecule has 1 aromatic heterocycles. The zero-order valence-electron chi connectivity index (χ0n) is 7.81. The largest absolute Gasteiger partial charge is 0.489 e. The third-order valence-corrected chi connectivity index (χ3v) is 1.97. The second kappa shape index (κ2) is 3.92. The van der Waals surface area contributed by atoms with Crippen LogP contribution in [0.1, 0.15) is 0 Å². The number of para-hydroxylation sites is 1. The van der Waals surface area contributed by atoms with Crippen LogP contribution in [0.5, 0.6) is 5.75 Å². The van der Waals surface area contributed by atoms with Crippen LogP contribution in [-0.4, -0.2) is 11.6 Å². The summed E-state index contributed by atoms with van der Waals surface area (Å²) < 4.78 is 5.51. The van der Waals surface area contributed by atoms with Crippen LogP contribution in [0.4, 0.5) is 0 Å². The Morgan fingerprint density at radius 1 is 1.29 bits per heavy atom. The molecule has 1 heterocycles. The molecule has 0 radical (unpaired) electrons. The molecule has 14 heavy (non-hydrogen) atoms. The standard InChI is InChI=1S/C12H11NO/c1-2-9-14-12-7-8-13-11-6-4-3-5-10(11)12/h2-8H,1,9H2. The summed E-state index contributed by atoms with van der Waals surface area (Å²) in [6.07, 6.45) is 3.48. The fraction of sp³-hybridized carbons (Fsp3) is 0.0833. The van der Waals surface area contributed by atoms with E-state index in [2.05, 4.69) is 11.6 Å². The first kappa shape index (κ1) is 8.75. The van der Waals surface area contributed by atoms with Gasteiger partial charge in [-0.2, -0.15) is 0 Å². The molecule has 0 saturated heterocycles. The Balaban J connectivity index is 2.48. The fourth-order valence-corrected chi connectivity index (χ4v) is 1.34. The zero-order chi connectivity index (χ0) is 9.80. The Bertz CT molecular complexity index is 446. The number of aromatic nitrogens is 1. The lowest BCUT2D eigenvalue weighted by Gasteiger charge is -2.05. The van der Waals surface area contributed by atoms with E-state index >= 15 is 0 Å². The van der Waals surface area contributed by atoms with Gasteiger partial charge in [0.15, 0.2) is 0 Å². The lowest BCUT2D eigenvalue weighted by Crippen LogP contribution is -1.93. The van der Waals surface area contributed by atoms with Crippen LogP contribution in [0.15, 0.2) is 49.2 Å². The number of ether oxygens (including phenoxy) is 1. The summed E-state index contributed by atoms with van der Waals surface area (Å²) in [5.41, 5.74) is 0.953. The van der Waals surface area contributed by atoms with Gasteiger partial charge in [0, 0.05) is 11.6 Å². The van der Waals surface area contributed by atoms with E-state index in [4.69, 9.17) is 4.74 Å². The van der Waals surface area contributed by atoms with Crippen molar-refractivity contribution in [3.63, 3.8) is 0 Å². The van der Waals surface area contributed by atoms with Crippen molar-refractivity contribution in [1.82, 2.24) is 4.98 Å². The lowest BCUT2D eigenvalue weighted by molar-refractivity contribution is 0.367. The first-order valence-electron chi connectivity index (χ1n) is 4.49. The molecule has 70 valence electrons. The fourth-order valence-electron chi connectivity index (χ4n) is 1.34. The minimum Gasteiger partial charge on any atom is -0.489 e. The van der Waals surface area contributed by atoms with Crippen LogP contribution in [0.2, 0.25) is 0 Å². The number of benzene rings is 1. The van der Waals surface area contributed by atoms with Crippen molar-refractivity contribution < 1.29 is 4.74 Å². The molecule has 0 saturated carbocycles. The summed E-state index contributed by atoms with van der Waals surface area (Å²) >= 11 is 0. The van der Waals surface area contributed by atoms with Gasteiger partial charge < -0.3 is 4.74 Å². The Hall–Kier alpha value is -1.83. The number of nitrogens with zero attached hydrogens (tertiary/aromatic N) is 1. The summed E-state index contributed by atoms with van der Waals surface area (Å²) in [5, 5.41) is 1.04. The monoisotopic (exact) mass is 185 g/mol. The molecule has 0 aliphatic rings. The molecule has 0 unspecified atom stereocenters. The molecule has 0 aliphatic carbocycles. The Morgan fingerprint density at radius 2 is 2.14 bits per heavy atom. The highest BCUT2D eigenvalue weighted by Gasteiger charge is 2.00. The SMILES string of the molecule is C=CCOc1ccnc2ccccc12. The van der Waals surface area contributed by atoms with Crippen molar-refractivity contribution in [3.05, 3.63) is 49.2 Å².